The first-order valence-corrected chi connectivity index (χ1v) is 6.74. The zero-order valence-electron chi connectivity index (χ0n) is 12.2. The van der Waals surface area contributed by atoms with Crippen molar-refractivity contribution in [2.24, 2.45) is 0 Å². The first-order valence-electron chi connectivity index (χ1n) is 6.74. The topological polar surface area (TPSA) is 112 Å². The van der Waals surface area contributed by atoms with E-state index in [2.05, 4.69) is 5.32 Å². The number of ether oxygens (including phenoxy) is 1. The molecule has 0 radical (unpaired) electrons. The lowest BCUT2D eigenvalue weighted by Crippen LogP contribution is -2.35. The van der Waals surface area contributed by atoms with Crippen LogP contribution >= 0.6 is 0 Å². The van der Waals surface area contributed by atoms with Crippen molar-refractivity contribution >= 4 is 17.8 Å². The number of nitrogens with one attached hydrogen (secondary N) is 1. The predicted molar refractivity (Wildman–Crippen MR) is 78.5 cm³/mol. The lowest BCUT2D eigenvalue weighted by atomic mass is 10.2. The van der Waals surface area contributed by atoms with Gasteiger partial charge in [-0.3, -0.25) is 14.9 Å². The third-order valence-corrected chi connectivity index (χ3v) is 2.94. The molecule has 0 aliphatic rings. The van der Waals surface area contributed by atoms with Crippen LogP contribution in [0.3, 0.4) is 0 Å². The summed E-state index contributed by atoms with van der Waals surface area (Å²) in [5.74, 6) is -2.33. The summed E-state index contributed by atoms with van der Waals surface area (Å²) in [6.07, 6.45) is -1.06. The summed E-state index contributed by atoms with van der Waals surface area (Å²) in [6.45, 7) is 1.70. The highest BCUT2D eigenvalue weighted by molar-refractivity contribution is 5.90. The van der Waals surface area contributed by atoms with Gasteiger partial charge in [0.25, 0.3) is 5.91 Å². The second-order valence-electron chi connectivity index (χ2n) is 4.65. The molecule has 1 aromatic heterocycles. The van der Waals surface area contributed by atoms with E-state index in [-0.39, 0.29) is 5.76 Å². The van der Waals surface area contributed by atoms with Crippen LogP contribution in [0.5, 0.6) is 0 Å². The minimum absolute atomic E-state index is 0.299. The van der Waals surface area contributed by atoms with Crippen molar-refractivity contribution in [3.8, 4) is 0 Å². The average molecular weight is 318 g/mol. The molecule has 1 heterocycles. The summed E-state index contributed by atoms with van der Waals surface area (Å²) in [4.78, 5) is 33.3. The zero-order valence-corrected chi connectivity index (χ0v) is 12.2. The molecule has 2 rings (SSSR count). The van der Waals surface area contributed by atoms with E-state index in [1.54, 1.807) is 0 Å². The summed E-state index contributed by atoms with van der Waals surface area (Å²) < 4.78 is 9.62. The molecule has 23 heavy (non-hydrogen) atoms. The van der Waals surface area contributed by atoms with Gasteiger partial charge in [0.15, 0.2) is 6.10 Å². The summed E-state index contributed by atoms with van der Waals surface area (Å²) >= 11 is 0. The van der Waals surface area contributed by atoms with Crippen molar-refractivity contribution in [2.45, 2.75) is 19.6 Å². The number of nitrogens with zero attached hydrogens (tertiary/aromatic N) is 1. The summed E-state index contributed by atoms with van der Waals surface area (Å²) in [7, 11) is 0. The molecule has 0 fully saturated rings. The highest BCUT2D eigenvalue weighted by Gasteiger charge is 2.23. The Kier molecular flexibility index (Phi) is 5.08. The maximum absolute atomic E-state index is 11.9. The minimum atomic E-state index is -1.06. The van der Waals surface area contributed by atoms with Gasteiger partial charge in [0.2, 0.25) is 5.76 Å². The maximum Gasteiger partial charge on any atom is 0.433 e. The van der Waals surface area contributed by atoms with E-state index in [0.717, 1.165) is 17.7 Å². The molecular formula is C15H14N2O6. The molecule has 0 unspecified atom stereocenters. The number of hydrogen-bond acceptors (Lipinski definition) is 6. The van der Waals surface area contributed by atoms with Crippen molar-refractivity contribution in [1.82, 2.24) is 5.32 Å². The van der Waals surface area contributed by atoms with E-state index in [1.165, 1.54) is 6.92 Å². The number of carbonyl (C=O) groups excluding carboxylic acids is 2. The zero-order chi connectivity index (χ0) is 16.8. The third kappa shape index (κ3) is 4.40. The second-order valence-corrected chi connectivity index (χ2v) is 4.65. The molecule has 0 spiro atoms. The molecule has 8 heteroatoms. The van der Waals surface area contributed by atoms with Crippen molar-refractivity contribution in [2.75, 3.05) is 0 Å². The first-order chi connectivity index (χ1) is 11.0. The van der Waals surface area contributed by atoms with Gasteiger partial charge in [0, 0.05) is 6.54 Å². The van der Waals surface area contributed by atoms with E-state index >= 15 is 0 Å². The summed E-state index contributed by atoms with van der Waals surface area (Å²) in [5, 5.41) is 13.1. The second kappa shape index (κ2) is 7.21. The Morgan fingerprint density at radius 3 is 2.57 bits per heavy atom. The van der Waals surface area contributed by atoms with Crippen molar-refractivity contribution in [3.63, 3.8) is 0 Å². The SMILES string of the molecule is C[C@@H](OC(=O)c1ccc([N+](=O)[O-])o1)C(=O)NCc1ccccc1. The van der Waals surface area contributed by atoms with Gasteiger partial charge in [-0.05, 0) is 18.6 Å². The normalized spacial score (nSPS) is 11.5. The van der Waals surface area contributed by atoms with Gasteiger partial charge in [-0.2, -0.15) is 0 Å². The van der Waals surface area contributed by atoms with Gasteiger partial charge in [0.1, 0.15) is 4.92 Å². The smallest absolute Gasteiger partial charge is 0.433 e. The maximum atomic E-state index is 11.9. The molecule has 0 bridgehead atoms. The molecule has 1 atom stereocenters. The molecule has 8 nitrogen and oxygen atoms in total. The van der Waals surface area contributed by atoms with E-state index in [1.807, 2.05) is 30.3 Å². The number of rotatable bonds is 6. The monoisotopic (exact) mass is 318 g/mol. The number of hydrogen-bond donors (Lipinski definition) is 1. The Bertz CT molecular complexity index is 710. The van der Waals surface area contributed by atoms with Crippen LogP contribution in [0.15, 0.2) is 46.9 Å². The van der Waals surface area contributed by atoms with E-state index in [0.29, 0.717) is 6.54 Å². The molecule has 0 saturated heterocycles. The Morgan fingerprint density at radius 2 is 1.96 bits per heavy atom. The molecule has 0 aliphatic carbocycles. The summed E-state index contributed by atoms with van der Waals surface area (Å²) in [5.41, 5.74) is 0.904. The number of benzene rings is 1. The van der Waals surface area contributed by atoms with E-state index in [4.69, 9.17) is 9.15 Å². The van der Waals surface area contributed by atoms with Gasteiger partial charge in [-0.25, -0.2) is 4.79 Å². The van der Waals surface area contributed by atoms with Crippen LogP contribution in [0.2, 0.25) is 0 Å². The number of carbonyl (C=O) groups is 2. The fourth-order valence-electron chi connectivity index (χ4n) is 1.74. The number of esters is 1. The van der Waals surface area contributed by atoms with Gasteiger partial charge in [0.05, 0.1) is 6.07 Å². The summed E-state index contributed by atoms with van der Waals surface area (Å²) in [6, 6.07) is 11.4. The van der Waals surface area contributed by atoms with Crippen LogP contribution in [-0.2, 0) is 16.1 Å². The van der Waals surface area contributed by atoms with Crippen LogP contribution in [0, 0.1) is 10.1 Å². The average Bonchev–Trinajstić information content (AvgIpc) is 3.04. The molecule has 1 aromatic carbocycles. The third-order valence-electron chi connectivity index (χ3n) is 2.94. The Labute approximate surface area is 131 Å². The lowest BCUT2D eigenvalue weighted by Gasteiger charge is -2.12. The highest BCUT2D eigenvalue weighted by atomic mass is 16.7. The van der Waals surface area contributed by atoms with Gasteiger partial charge in [-0.1, -0.05) is 30.3 Å². The van der Waals surface area contributed by atoms with Gasteiger partial charge >= 0.3 is 11.9 Å². The van der Waals surface area contributed by atoms with Crippen molar-refractivity contribution in [1.29, 1.82) is 0 Å². The molecular weight excluding hydrogens is 304 g/mol. The number of amides is 1. The molecule has 0 aliphatic heterocycles. The number of nitro groups is 1. The fourth-order valence-corrected chi connectivity index (χ4v) is 1.74. The van der Waals surface area contributed by atoms with Gasteiger partial charge < -0.3 is 14.5 Å². The van der Waals surface area contributed by atoms with Crippen LogP contribution in [0.1, 0.15) is 23.0 Å². The molecule has 2 aromatic rings. The van der Waals surface area contributed by atoms with Crippen LogP contribution in [0.4, 0.5) is 5.88 Å². The van der Waals surface area contributed by atoms with Crippen LogP contribution < -0.4 is 5.32 Å². The van der Waals surface area contributed by atoms with Crippen LogP contribution in [-0.4, -0.2) is 22.9 Å². The molecule has 1 amide bonds. The Morgan fingerprint density at radius 1 is 1.26 bits per heavy atom. The van der Waals surface area contributed by atoms with Crippen LogP contribution in [0.25, 0.3) is 0 Å². The predicted octanol–water partition coefficient (Wildman–Crippen LogP) is 2.05. The van der Waals surface area contributed by atoms with E-state index in [9.17, 15) is 19.7 Å². The molecule has 0 saturated carbocycles. The number of furan rings is 1. The lowest BCUT2D eigenvalue weighted by molar-refractivity contribution is -0.402. The Balaban J connectivity index is 1.87. The fraction of sp³-hybridized carbons (Fsp3) is 0.200. The quantitative estimate of drug-likeness (QED) is 0.495. The Hall–Kier alpha value is -3.16. The standard InChI is InChI=1S/C15H14N2O6/c1-10(14(18)16-9-11-5-3-2-4-6-11)22-15(19)12-7-8-13(23-12)17(20)21/h2-8,10H,9H2,1H3,(H,16,18)/t10-/m1/s1. The minimum Gasteiger partial charge on any atom is -0.447 e. The molecule has 120 valence electrons. The van der Waals surface area contributed by atoms with Gasteiger partial charge in [-0.15, -0.1) is 0 Å². The largest absolute Gasteiger partial charge is 0.447 e. The van der Waals surface area contributed by atoms with Crippen molar-refractivity contribution < 1.29 is 23.7 Å². The van der Waals surface area contributed by atoms with E-state index < -0.39 is 28.8 Å². The first kappa shape index (κ1) is 16.2. The highest BCUT2D eigenvalue weighted by Crippen LogP contribution is 2.16. The molecule has 1 N–H and O–H groups in total. The van der Waals surface area contributed by atoms with Crippen molar-refractivity contribution in [3.05, 3.63) is 63.9 Å².